The summed E-state index contributed by atoms with van der Waals surface area (Å²) in [5.41, 5.74) is 7.96. The Balaban J connectivity index is 2.02. The standard InChI is InChI=1S/C14H11BrN2S2/c1-8-17-12-7-13(11(16)6-14(12)18-8)19-10-4-2-3-9(15)5-10/h2-7H,16H2,1H3. The molecule has 0 atom stereocenters. The largest absolute Gasteiger partial charge is 0.398 e. The van der Waals surface area contributed by atoms with Gasteiger partial charge in [-0.2, -0.15) is 0 Å². The van der Waals surface area contributed by atoms with Gasteiger partial charge >= 0.3 is 0 Å². The van der Waals surface area contributed by atoms with Gasteiger partial charge in [-0.1, -0.05) is 33.8 Å². The lowest BCUT2D eigenvalue weighted by Crippen LogP contribution is -1.88. The fourth-order valence-corrected chi connectivity index (χ4v) is 4.17. The third kappa shape index (κ3) is 2.78. The van der Waals surface area contributed by atoms with Gasteiger partial charge in [-0.05, 0) is 37.3 Å². The molecule has 0 unspecified atom stereocenters. The van der Waals surface area contributed by atoms with Crippen LogP contribution in [0.4, 0.5) is 5.69 Å². The van der Waals surface area contributed by atoms with Crippen LogP contribution < -0.4 is 5.73 Å². The summed E-state index contributed by atoms with van der Waals surface area (Å²) >= 11 is 6.82. The molecule has 96 valence electrons. The highest BCUT2D eigenvalue weighted by Crippen LogP contribution is 2.36. The predicted molar refractivity (Wildman–Crippen MR) is 87.0 cm³/mol. The van der Waals surface area contributed by atoms with E-state index in [9.17, 15) is 0 Å². The summed E-state index contributed by atoms with van der Waals surface area (Å²) in [6.45, 7) is 2.02. The summed E-state index contributed by atoms with van der Waals surface area (Å²) in [5.74, 6) is 0. The number of aryl methyl sites for hydroxylation is 1. The maximum absolute atomic E-state index is 6.13. The molecule has 2 N–H and O–H groups in total. The van der Waals surface area contributed by atoms with Crippen LogP contribution in [0.15, 0.2) is 50.7 Å². The molecular weight excluding hydrogens is 340 g/mol. The number of aromatic nitrogens is 1. The molecule has 5 heteroatoms. The van der Waals surface area contributed by atoms with Crippen LogP contribution >= 0.6 is 39.0 Å². The van der Waals surface area contributed by atoms with E-state index in [1.165, 1.54) is 0 Å². The van der Waals surface area contributed by atoms with Crippen molar-refractivity contribution in [1.82, 2.24) is 4.98 Å². The third-order valence-electron chi connectivity index (χ3n) is 2.65. The van der Waals surface area contributed by atoms with Gasteiger partial charge in [-0.3, -0.25) is 0 Å². The van der Waals surface area contributed by atoms with E-state index < -0.39 is 0 Å². The summed E-state index contributed by atoms with van der Waals surface area (Å²) in [7, 11) is 0. The zero-order chi connectivity index (χ0) is 13.4. The van der Waals surface area contributed by atoms with Gasteiger partial charge in [0.15, 0.2) is 0 Å². The van der Waals surface area contributed by atoms with E-state index in [1.807, 2.05) is 25.1 Å². The fourth-order valence-electron chi connectivity index (χ4n) is 1.83. The Kier molecular flexibility index (Phi) is 3.52. The van der Waals surface area contributed by atoms with Gasteiger partial charge in [0.05, 0.1) is 15.2 Å². The van der Waals surface area contributed by atoms with Gasteiger partial charge in [0.2, 0.25) is 0 Å². The lowest BCUT2D eigenvalue weighted by Gasteiger charge is -2.05. The monoisotopic (exact) mass is 350 g/mol. The second kappa shape index (κ2) is 5.15. The number of nitrogens with zero attached hydrogens (tertiary/aromatic N) is 1. The molecule has 19 heavy (non-hydrogen) atoms. The molecule has 0 spiro atoms. The Morgan fingerprint density at radius 3 is 2.89 bits per heavy atom. The average Bonchev–Trinajstić information content (AvgIpc) is 2.69. The second-order valence-corrected chi connectivity index (χ2v) is 7.42. The summed E-state index contributed by atoms with van der Waals surface area (Å²) < 4.78 is 2.22. The molecule has 0 aliphatic heterocycles. The Morgan fingerprint density at radius 1 is 1.26 bits per heavy atom. The molecule has 0 amide bonds. The SMILES string of the molecule is Cc1nc2cc(Sc3cccc(Br)c3)c(N)cc2s1. The Labute approximate surface area is 128 Å². The summed E-state index contributed by atoms with van der Waals surface area (Å²) in [4.78, 5) is 6.73. The normalized spacial score (nSPS) is 11.1. The summed E-state index contributed by atoms with van der Waals surface area (Å²) in [6, 6.07) is 12.3. The van der Waals surface area contributed by atoms with E-state index in [4.69, 9.17) is 5.73 Å². The minimum Gasteiger partial charge on any atom is -0.398 e. The number of halogens is 1. The van der Waals surface area contributed by atoms with Crippen LogP contribution in [0.1, 0.15) is 5.01 Å². The van der Waals surface area contributed by atoms with E-state index in [0.29, 0.717) is 0 Å². The van der Waals surface area contributed by atoms with Gasteiger partial charge in [-0.15, -0.1) is 11.3 Å². The summed E-state index contributed by atoms with van der Waals surface area (Å²) in [6.07, 6.45) is 0. The number of nitrogen functional groups attached to an aromatic ring is 1. The maximum atomic E-state index is 6.13. The smallest absolute Gasteiger partial charge is 0.0907 e. The van der Waals surface area contributed by atoms with Crippen molar-refractivity contribution >= 4 is 54.9 Å². The number of fused-ring (bicyclic) bond motifs is 1. The number of anilines is 1. The molecule has 0 aliphatic carbocycles. The minimum atomic E-state index is 0.807. The van der Waals surface area contributed by atoms with Gasteiger partial charge in [0.1, 0.15) is 0 Å². The van der Waals surface area contributed by atoms with Gasteiger partial charge in [0.25, 0.3) is 0 Å². The van der Waals surface area contributed by atoms with Crippen LogP contribution in [0.2, 0.25) is 0 Å². The van der Waals surface area contributed by atoms with Crippen molar-refractivity contribution in [3.8, 4) is 0 Å². The van der Waals surface area contributed by atoms with Gasteiger partial charge in [0, 0.05) is 20.0 Å². The van der Waals surface area contributed by atoms with Crippen molar-refractivity contribution in [2.75, 3.05) is 5.73 Å². The summed E-state index contributed by atoms with van der Waals surface area (Å²) in [5, 5.41) is 1.07. The molecule has 0 saturated heterocycles. The van der Waals surface area contributed by atoms with E-state index in [0.717, 1.165) is 35.2 Å². The molecule has 1 aromatic heterocycles. The first-order valence-corrected chi connectivity index (χ1v) is 8.14. The van der Waals surface area contributed by atoms with Crippen molar-refractivity contribution in [2.45, 2.75) is 16.7 Å². The van der Waals surface area contributed by atoms with Crippen LogP contribution in [0, 0.1) is 6.92 Å². The number of thiazole rings is 1. The van der Waals surface area contributed by atoms with Crippen LogP contribution in [-0.4, -0.2) is 4.98 Å². The highest BCUT2D eigenvalue weighted by Gasteiger charge is 2.08. The molecule has 0 fully saturated rings. The average molecular weight is 351 g/mol. The highest BCUT2D eigenvalue weighted by molar-refractivity contribution is 9.10. The van der Waals surface area contributed by atoms with Crippen molar-refractivity contribution in [2.24, 2.45) is 0 Å². The zero-order valence-corrected chi connectivity index (χ0v) is 13.4. The molecule has 0 aliphatic rings. The number of nitrogens with two attached hydrogens (primary N) is 1. The fraction of sp³-hybridized carbons (Fsp3) is 0.0714. The Bertz CT molecular complexity index is 752. The quantitative estimate of drug-likeness (QED) is 0.653. The number of hydrogen-bond donors (Lipinski definition) is 1. The Morgan fingerprint density at radius 2 is 2.11 bits per heavy atom. The number of benzene rings is 2. The highest BCUT2D eigenvalue weighted by atomic mass is 79.9. The van der Waals surface area contributed by atoms with Crippen LogP contribution in [0.5, 0.6) is 0 Å². The number of rotatable bonds is 2. The first kappa shape index (κ1) is 13.0. The lowest BCUT2D eigenvalue weighted by atomic mass is 10.3. The van der Waals surface area contributed by atoms with Crippen molar-refractivity contribution in [3.05, 3.63) is 45.9 Å². The zero-order valence-electron chi connectivity index (χ0n) is 10.2. The predicted octanol–water partition coefficient (Wildman–Crippen LogP) is 5.10. The second-order valence-electron chi connectivity index (χ2n) is 4.15. The topological polar surface area (TPSA) is 38.9 Å². The van der Waals surface area contributed by atoms with Crippen LogP contribution in [0.25, 0.3) is 10.2 Å². The molecule has 3 rings (SSSR count). The molecule has 0 bridgehead atoms. The molecule has 1 heterocycles. The number of hydrogen-bond acceptors (Lipinski definition) is 4. The van der Waals surface area contributed by atoms with E-state index >= 15 is 0 Å². The first-order chi connectivity index (χ1) is 9.11. The third-order valence-corrected chi connectivity index (χ3v) is 5.14. The van der Waals surface area contributed by atoms with Crippen molar-refractivity contribution in [1.29, 1.82) is 0 Å². The van der Waals surface area contributed by atoms with Crippen molar-refractivity contribution in [3.63, 3.8) is 0 Å². The van der Waals surface area contributed by atoms with Crippen molar-refractivity contribution < 1.29 is 0 Å². The molecule has 0 saturated carbocycles. The molecule has 2 aromatic carbocycles. The molecular formula is C14H11BrN2S2. The van der Waals surface area contributed by atoms with E-state index in [-0.39, 0.29) is 0 Å². The van der Waals surface area contributed by atoms with Crippen LogP contribution in [0.3, 0.4) is 0 Å². The molecule has 3 aromatic rings. The molecule has 0 radical (unpaired) electrons. The lowest BCUT2D eigenvalue weighted by molar-refractivity contribution is 1.33. The first-order valence-electron chi connectivity index (χ1n) is 5.72. The van der Waals surface area contributed by atoms with Crippen LogP contribution in [-0.2, 0) is 0 Å². The van der Waals surface area contributed by atoms with E-state index in [2.05, 4.69) is 39.1 Å². The Hall–Kier alpha value is -1.04. The maximum Gasteiger partial charge on any atom is 0.0907 e. The van der Waals surface area contributed by atoms with Gasteiger partial charge in [-0.25, -0.2) is 4.98 Å². The van der Waals surface area contributed by atoms with E-state index in [1.54, 1.807) is 23.1 Å². The minimum absolute atomic E-state index is 0.807. The molecule has 2 nitrogen and oxygen atoms in total. The van der Waals surface area contributed by atoms with Gasteiger partial charge < -0.3 is 5.73 Å².